The number of aromatic nitrogens is 1. The van der Waals surface area contributed by atoms with Crippen LogP contribution in [0.1, 0.15) is 43.0 Å². The minimum absolute atomic E-state index is 0.353. The number of rotatable bonds is 5. The molecule has 1 aliphatic carbocycles. The molecular weight excluding hydrogens is 244 g/mol. The molecule has 1 heterocycles. The van der Waals surface area contributed by atoms with Gasteiger partial charge in [-0.1, -0.05) is 12.8 Å². The second-order valence-corrected chi connectivity index (χ2v) is 4.94. The van der Waals surface area contributed by atoms with Crippen LogP contribution < -0.4 is 5.32 Å². The zero-order valence-corrected chi connectivity index (χ0v) is 11.2. The molecule has 1 aliphatic rings. The molecule has 0 unspecified atom stereocenters. The Labute approximate surface area is 113 Å². The largest absolute Gasteiger partial charge is 0.462 e. The summed E-state index contributed by atoms with van der Waals surface area (Å²) < 4.78 is 4.89. The SMILES string of the molecule is CCOC(=O)c1ccc(NCC2(O)CCCC2)nc1. The molecule has 1 aromatic rings. The first kappa shape index (κ1) is 13.8. The summed E-state index contributed by atoms with van der Waals surface area (Å²) in [6.07, 6.45) is 5.31. The summed E-state index contributed by atoms with van der Waals surface area (Å²) >= 11 is 0. The Hall–Kier alpha value is -1.62. The van der Waals surface area contributed by atoms with Gasteiger partial charge in [-0.05, 0) is 31.9 Å². The summed E-state index contributed by atoms with van der Waals surface area (Å²) in [7, 11) is 0. The Kier molecular flexibility index (Phi) is 4.37. The minimum atomic E-state index is -0.610. The quantitative estimate of drug-likeness (QED) is 0.796. The summed E-state index contributed by atoms with van der Waals surface area (Å²) in [4.78, 5) is 15.6. The first-order valence-corrected chi connectivity index (χ1v) is 6.72. The second-order valence-electron chi connectivity index (χ2n) is 4.94. The lowest BCUT2D eigenvalue weighted by atomic mass is 10.0. The van der Waals surface area contributed by atoms with Crippen molar-refractivity contribution in [2.45, 2.75) is 38.2 Å². The van der Waals surface area contributed by atoms with Crippen molar-refractivity contribution in [2.24, 2.45) is 0 Å². The van der Waals surface area contributed by atoms with Crippen molar-refractivity contribution in [3.8, 4) is 0 Å². The second kappa shape index (κ2) is 6.02. The molecule has 19 heavy (non-hydrogen) atoms. The average Bonchev–Trinajstić information content (AvgIpc) is 2.85. The Morgan fingerprint density at radius 3 is 2.79 bits per heavy atom. The Morgan fingerprint density at radius 2 is 2.21 bits per heavy atom. The normalized spacial score (nSPS) is 17.2. The fourth-order valence-electron chi connectivity index (χ4n) is 2.30. The van der Waals surface area contributed by atoms with Crippen LogP contribution in [0.25, 0.3) is 0 Å². The Balaban J connectivity index is 1.90. The first-order valence-electron chi connectivity index (χ1n) is 6.72. The van der Waals surface area contributed by atoms with Crippen molar-refractivity contribution in [2.75, 3.05) is 18.5 Å². The van der Waals surface area contributed by atoms with Crippen molar-refractivity contribution >= 4 is 11.8 Å². The summed E-state index contributed by atoms with van der Waals surface area (Å²) in [5.41, 5.74) is -0.173. The van der Waals surface area contributed by atoms with E-state index in [4.69, 9.17) is 4.74 Å². The van der Waals surface area contributed by atoms with Gasteiger partial charge >= 0.3 is 5.97 Å². The third-order valence-corrected chi connectivity index (χ3v) is 3.41. The highest BCUT2D eigenvalue weighted by Gasteiger charge is 2.30. The fraction of sp³-hybridized carbons (Fsp3) is 0.571. The maximum Gasteiger partial charge on any atom is 0.339 e. The molecule has 0 aliphatic heterocycles. The van der Waals surface area contributed by atoms with E-state index in [0.717, 1.165) is 25.7 Å². The molecule has 1 aromatic heterocycles. The molecule has 1 saturated carbocycles. The van der Waals surface area contributed by atoms with E-state index in [1.54, 1.807) is 19.1 Å². The van der Waals surface area contributed by atoms with Gasteiger partial charge in [-0.2, -0.15) is 0 Å². The lowest BCUT2D eigenvalue weighted by Gasteiger charge is -2.22. The maximum atomic E-state index is 11.5. The third-order valence-electron chi connectivity index (χ3n) is 3.41. The summed E-state index contributed by atoms with van der Waals surface area (Å²) in [6.45, 7) is 2.62. The van der Waals surface area contributed by atoms with Gasteiger partial charge in [0.05, 0.1) is 17.8 Å². The van der Waals surface area contributed by atoms with Gasteiger partial charge in [0, 0.05) is 12.7 Å². The number of pyridine rings is 1. The van der Waals surface area contributed by atoms with Crippen LogP contribution in [-0.4, -0.2) is 34.8 Å². The lowest BCUT2D eigenvalue weighted by molar-refractivity contribution is 0.0525. The molecular formula is C14H20N2O3. The van der Waals surface area contributed by atoms with Crippen molar-refractivity contribution in [1.29, 1.82) is 0 Å². The van der Waals surface area contributed by atoms with E-state index in [1.165, 1.54) is 6.20 Å². The van der Waals surface area contributed by atoms with Crippen LogP contribution >= 0.6 is 0 Å². The van der Waals surface area contributed by atoms with Gasteiger partial charge in [0.15, 0.2) is 0 Å². The molecule has 5 heteroatoms. The number of aliphatic hydroxyl groups is 1. The average molecular weight is 264 g/mol. The van der Waals surface area contributed by atoms with Crippen molar-refractivity contribution in [1.82, 2.24) is 4.98 Å². The fourth-order valence-corrected chi connectivity index (χ4v) is 2.30. The zero-order chi connectivity index (χ0) is 13.7. The number of esters is 1. The van der Waals surface area contributed by atoms with E-state index in [2.05, 4.69) is 10.3 Å². The van der Waals surface area contributed by atoms with Crippen LogP contribution in [0.15, 0.2) is 18.3 Å². The van der Waals surface area contributed by atoms with Crippen LogP contribution in [0.5, 0.6) is 0 Å². The minimum Gasteiger partial charge on any atom is -0.462 e. The Morgan fingerprint density at radius 1 is 1.47 bits per heavy atom. The van der Waals surface area contributed by atoms with Gasteiger partial charge in [0.2, 0.25) is 0 Å². The molecule has 0 amide bonds. The van der Waals surface area contributed by atoms with E-state index in [9.17, 15) is 9.90 Å². The predicted octanol–water partition coefficient (Wildman–Crippen LogP) is 1.98. The standard InChI is InChI=1S/C14H20N2O3/c1-2-19-13(17)11-5-6-12(15-9-11)16-10-14(18)7-3-4-8-14/h5-6,9,18H,2-4,7-8,10H2,1H3,(H,15,16). The number of ether oxygens (including phenoxy) is 1. The summed E-state index contributed by atoms with van der Waals surface area (Å²) in [6, 6.07) is 3.40. The van der Waals surface area contributed by atoms with Gasteiger partial charge in [-0.25, -0.2) is 9.78 Å². The smallest absolute Gasteiger partial charge is 0.339 e. The van der Waals surface area contributed by atoms with Crippen LogP contribution in [0, 0.1) is 0 Å². The summed E-state index contributed by atoms with van der Waals surface area (Å²) in [5, 5.41) is 13.3. The monoisotopic (exact) mass is 264 g/mol. The van der Waals surface area contributed by atoms with E-state index in [1.807, 2.05) is 0 Å². The van der Waals surface area contributed by atoms with E-state index >= 15 is 0 Å². The van der Waals surface area contributed by atoms with E-state index in [0.29, 0.717) is 24.5 Å². The van der Waals surface area contributed by atoms with E-state index in [-0.39, 0.29) is 5.97 Å². The van der Waals surface area contributed by atoms with Crippen LogP contribution in [0.2, 0.25) is 0 Å². The van der Waals surface area contributed by atoms with Crippen LogP contribution in [0.4, 0.5) is 5.82 Å². The van der Waals surface area contributed by atoms with Gasteiger partial charge in [-0.15, -0.1) is 0 Å². The highest BCUT2D eigenvalue weighted by Crippen LogP contribution is 2.29. The number of anilines is 1. The molecule has 0 bridgehead atoms. The molecule has 0 atom stereocenters. The number of hydrogen-bond acceptors (Lipinski definition) is 5. The Bertz CT molecular complexity index is 425. The number of nitrogens with zero attached hydrogens (tertiary/aromatic N) is 1. The van der Waals surface area contributed by atoms with Gasteiger partial charge in [0.1, 0.15) is 5.82 Å². The highest BCUT2D eigenvalue weighted by atomic mass is 16.5. The molecule has 0 aromatic carbocycles. The van der Waals surface area contributed by atoms with Crippen molar-refractivity contribution in [3.05, 3.63) is 23.9 Å². The molecule has 1 fully saturated rings. The van der Waals surface area contributed by atoms with Crippen molar-refractivity contribution in [3.63, 3.8) is 0 Å². The van der Waals surface area contributed by atoms with Crippen molar-refractivity contribution < 1.29 is 14.6 Å². The molecule has 0 radical (unpaired) electrons. The molecule has 5 nitrogen and oxygen atoms in total. The topological polar surface area (TPSA) is 71.5 Å². The number of nitrogens with one attached hydrogen (secondary N) is 1. The van der Waals surface area contributed by atoms with Crippen LogP contribution in [0.3, 0.4) is 0 Å². The van der Waals surface area contributed by atoms with Crippen LogP contribution in [-0.2, 0) is 4.74 Å². The number of carbonyl (C=O) groups is 1. The molecule has 104 valence electrons. The first-order chi connectivity index (χ1) is 9.13. The van der Waals surface area contributed by atoms with Gasteiger partial charge < -0.3 is 15.2 Å². The summed E-state index contributed by atoms with van der Waals surface area (Å²) in [5.74, 6) is 0.296. The maximum absolute atomic E-state index is 11.5. The van der Waals surface area contributed by atoms with E-state index < -0.39 is 5.60 Å². The number of carbonyl (C=O) groups excluding carboxylic acids is 1. The zero-order valence-electron chi connectivity index (χ0n) is 11.2. The molecule has 0 saturated heterocycles. The van der Waals surface area contributed by atoms with Gasteiger partial charge in [0.25, 0.3) is 0 Å². The number of hydrogen-bond donors (Lipinski definition) is 2. The van der Waals surface area contributed by atoms with Gasteiger partial charge in [-0.3, -0.25) is 0 Å². The third kappa shape index (κ3) is 3.67. The molecule has 2 rings (SSSR count). The predicted molar refractivity (Wildman–Crippen MR) is 72.1 cm³/mol. The lowest BCUT2D eigenvalue weighted by Crippen LogP contribution is -2.33. The molecule has 0 spiro atoms. The molecule has 2 N–H and O–H groups in total. The highest BCUT2D eigenvalue weighted by molar-refractivity contribution is 5.89.